The van der Waals surface area contributed by atoms with Crippen LogP contribution >= 0.6 is 23.1 Å². The minimum Gasteiger partial charge on any atom is -0.424 e. The summed E-state index contributed by atoms with van der Waals surface area (Å²) >= 11 is 3.65. The molecule has 0 aliphatic heterocycles. The molecule has 0 saturated heterocycles. The molecular weight excluding hydrogens is 252 g/mol. The Hall–Kier alpha value is -0.810. The van der Waals surface area contributed by atoms with Crippen molar-refractivity contribution >= 4 is 23.1 Å². The summed E-state index contributed by atoms with van der Waals surface area (Å²) in [5.41, 5.74) is 0. The molecule has 0 amide bonds. The van der Waals surface area contributed by atoms with Crippen molar-refractivity contribution in [2.45, 2.75) is 36.7 Å². The van der Waals surface area contributed by atoms with E-state index < -0.39 is 0 Å². The van der Waals surface area contributed by atoms with Gasteiger partial charge in [0.2, 0.25) is 11.8 Å². The maximum Gasteiger partial charge on any atom is 0.226 e. The van der Waals surface area contributed by atoms with E-state index in [1.165, 1.54) is 17.7 Å². The first-order valence-electron chi connectivity index (χ1n) is 5.80. The fourth-order valence-corrected chi connectivity index (χ4v) is 3.41. The number of thiophene rings is 1. The first kappa shape index (κ1) is 11.3. The zero-order valence-corrected chi connectivity index (χ0v) is 11.3. The van der Waals surface area contributed by atoms with Gasteiger partial charge in [-0.3, -0.25) is 0 Å². The number of thioether (sulfide) groups is 1. The summed E-state index contributed by atoms with van der Waals surface area (Å²) in [4.78, 5) is 1.40. The minimum atomic E-state index is 0.492. The predicted molar refractivity (Wildman–Crippen MR) is 70.3 cm³/mol. The Kier molecular flexibility index (Phi) is 3.20. The zero-order chi connectivity index (χ0) is 11.7. The molecular formula is C12H14N2OS2. The molecule has 17 heavy (non-hydrogen) atoms. The molecule has 1 aliphatic rings. The smallest absolute Gasteiger partial charge is 0.226 e. The molecule has 3 rings (SSSR count). The van der Waals surface area contributed by atoms with Gasteiger partial charge in [0.1, 0.15) is 0 Å². The molecule has 5 heteroatoms. The molecule has 2 aromatic heterocycles. The van der Waals surface area contributed by atoms with Gasteiger partial charge in [0.05, 0.1) is 5.75 Å². The van der Waals surface area contributed by atoms with E-state index in [1.54, 1.807) is 11.3 Å². The lowest BCUT2D eigenvalue weighted by Crippen LogP contribution is -1.86. The SMILES string of the molecule is C[C@H](SCc1nnc(C2CC2)o1)c1cccs1. The van der Waals surface area contributed by atoms with Crippen LogP contribution in [-0.2, 0) is 5.75 Å². The van der Waals surface area contributed by atoms with Crippen molar-refractivity contribution in [3.05, 3.63) is 34.2 Å². The van der Waals surface area contributed by atoms with Crippen molar-refractivity contribution in [1.29, 1.82) is 0 Å². The van der Waals surface area contributed by atoms with E-state index in [4.69, 9.17) is 4.42 Å². The lowest BCUT2D eigenvalue weighted by atomic mass is 10.4. The monoisotopic (exact) mass is 266 g/mol. The highest BCUT2D eigenvalue weighted by Crippen LogP contribution is 2.39. The van der Waals surface area contributed by atoms with Gasteiger partial charge in [-0.15, -0.1) is 33.3 Å². The van der Waals surface area contributed by atoms with Crippen molar-refractivity contribution in [3.8, 4) is 0 Å². The molecule has 90 valence electrons. The van der Waals surface area contributed by atoms with Gasteiger partial charge in [-0.05, 0) is 31.2 Å². The Morgan fingerprint density at radius 1 is 1.53 bits per heavy atom. The van der Waals surface area contributed by atoms with Crippen LogP contribution in [0.2, 0.25) is 0 Å². The quantitative estimate of drug-likeness (QED) is 0.820. The maximum absolute atomic E-state index is 5.64. The van der Waals surface area contributed by atoms with Crippen molar-refractivity contribution in [3.63, 3.8) is 0 Å². The fraction of sp³-hybridized carbons (Fsp3) is 0.500. The molecule has 1 atom stereocenters. The minimum absolute atomic E-state index is 0.492. The summed E-state index contributed by atoms with van der Waals surface area (Å²) < 4.78 is 5.64. The van der Waals surface area contributed by atoms with Crippen molar-refractivity contribution < 1.29 is 4.42 Å². The molecule has 1 fully saturated rings. The second-order valence-electron chi connectivity index (χ2n) is 4.28. The summed E-state index contributed by atoms with van der Waals surface area (Å²) in [5, 5.41) is 10.8. The normalized spacial score (nSPS) is 17.2. The Morgan fingerprint density at radius 2 is 2.41 bits per heavy atom. The lowest BCUT2D eigenvalue weighted by molar-refractivity contribution is 0.466. The average molecular weight is 266 g/mol. The lowest BCUT2D eigenvalue weighted by Gasteiger charge is -2.06. The molecule has 2 heterocycles. The summed E-state index contributed by atoms with van der Waals surface area (Å²) in [6.45, 7) is 2.22. The summed E-state index contributed by atoms with van der Waals surface area (Å²) in [6.07, 6.45) is 2.42. The largest absolute Gasteiger partial charge is 0.424 e. The van der Waals surface area contributed by atoms with E-state index in [0.29, 0.717) is 11.2 Å². The van der Waals surface area contributed by atoms with Crippen LogP contribution in [0, 0.1) is 0 Å². The third-order valence-electron chi connectivity index (χ3n) is 2.81. The topological polar surface area (TPSA) is 38.9 Å². The van der Waals surface area contributed by atoms with E-state index in [2.05, 4.69) is 34.6 Å². The number of hydrogen-bond acceptors (Lipinski definition) is 5. The van der Waals surface area contributed by atoms with Gasteiger partial charge in [0, 0.05) is 16.0 Å². The third kappa shape index (κ3) is 2.72. The van der Waals surface area contributed by atoms with Gasteiger partial charge in [-0.25, -0.2) is 0 Å². The molecule has 3 nitrogen and oxygen atoms in total. The molecule has 0 bridgehead atoms. The van der Waals surface area contributed by atoms with Crippen LogP contribution in [0.5, 0.6) is 0 Å². The van der Waals surface area contributed by atoms with Gasteiger partial charge in [0.25, 0.3) is 0 Å². The molecule has 0 radical (unpaired) electrons. The molecule has 2 aromatic rings. The van der Waals surface area contributed by atoms with Gasteiger partial charge in [-0.1, -0.05) is 6.07 Å². The number of rotatable bonds is 5. The first-order chi connectivity index (χ1) is 8.33. The summed E-state index contributed by atoms with van der Waals surface area (Å²) in [6, 6.07) is 4.26. The zero-order valence-electron chi connectivity index (χ0n) is 9.63. The highest BCUT2D eigenvalue weighted by atomic mass is 32.2. The summed E-state index contributed by atoms with van der Waals surface area (Å²) in [5.74, 6) is 2.96. The van der Waals surface area contributed by atoms with Crippen LogP contribution in [0.15, 0.2) is 21.9 Å². The van der Waals surface area contributed by atoms with Crippen LogP contribution in [0.1, 0.15) is 47.6 Å². The standard InChI is InChI=1S/C12H14N2OS2/c1-8(10-3-2-6-16-10)17-7-11-13-14-12(15-11)9-4-5-9/h2-3,6,8-9H,4-5,7H2,1H3/t8-/m0/s1. The van der Waals surface area contributed by atoms with E-state index in [1.807, 2.05) is 11.8 Å². The summed E-state index contributed by atoms with van der Waals surface area (Å²) in [7, 11) is 0. The Bertz CT molecular complexity index is 476. The maximum atomic E-state index is 5.64. The third-order valence-corrected chi connectivity index (χ3v) is 5.18. The second-order valence-corrected chi connectivity index (χ2v) is 6.59. The van der Waals surface area contributed by atoms with Crippen molar-refractivity contribution in [1.82, 2.24) is 10.2 Å². The highest BCUT2D eigenvalue weighted by Gasteiger charge is 2.29. The fourth-order valence-electron chi connectivity index (χ4n) is 1.62. The van der Waals surface area contributed by atoms with E-state index in [0.717, 1.165) is 17.5 Å². The predicted octanol–water partition coefficient (Wildman–Crippen LogP) is 4.00. The molecule has 0 unspecified atom stereocenters. The Balaban J connectivity index is 1.56. The van der Waals surface area contributed by atoms with Crippen LogP contribution in [-0.4, -0.2) is 10.2 Å². The molecule has 1 saturated carbocycles. The van der Waals surface area contributed by atoms with Crippen molar-refractivity contribution in [2.24, 2.45) is 0 Å². The number of hydrogen-bond donors (Lipinski definition) is 0. The Labute approximate surface area is 109 Å². The van der Waals surface area contributed by atoms with Crippen LogP contribution < -0.4 is 0 Å². The second kappa shape index (κ2) is 4.82. The van der Waals surface area contributed by atoms with Gasteiger partial charge < -0.3 is 4.42 Å². The van der Waals surface area contributed by atoms with E-state index in [9.17, 15) is 0 Å². The van der Waals surface area contributed by atoms with Gasteiger partial charge >= 0.3 is 0 Å². The first-order valence-corrected chi connectivity index (χ1v) is 7.73. The van der Waals surface area contributed by atoms with E-state index >= 15 is 0 Å². The van der Waals surface area contributed by atoms with Gasteiger partial charge in [0.15, 0.2) is 0 Å². The number of nitrogens with zero attached hydrogens (tertiary/aromatic N) is 2. The molecule has 0 spiro atoms. The van der Waals surface area contributed by atoms with E-state index in [-0.39, 0.29) is 0 Å². The average Bonchev–Trinajstić information content (AvgIpc) is 2.88. The van der Waals surface area contributed by atoms with Crippen LogP contribution in [0.3, 0.4) is 0 Å². The highest BCUT2D eigenvalue weighted by molar-refractivity contribution is 7.98. The Morgan fingerprint density at radius 3 is 3.12 bits per heavy atom. The van der Waals surface area contributed by atoms with Crippen molar-refractivity contribution in [2.75, 3.05) is 0 Å². The molecule has 1 aliphatic carbocycles. The van der Waals surface area contributed by atoms with Crippen LogP contribution in [0.4, 0.5) is 0 Å². The molecule has 0 N–H and O–H groups in total. The van der Waals surface area contributed by atoms with Crippen LogP contribution in [0.25, 0.3) is 0 Å². The van der Waals surface area contributed by atoms with Gasteiger partial charge in [-0.2, -0.15) is 0 Å². The number of aromatic nitrogens is 2. The molecule has 0 aromatic carbocycles.